The van der Waals surface area contributed by atoms with Gasteiger partial charge in [-0.05, 0) is 41.6 Å². The van der Waals surface area contributed by atoms with Crippen molar-refractivity contribution in [3.05, 3.63) is 47.3 Å². The summed E-state index contributed by atoms with van der Waals surface area (Å²) < 4.78 is 5.34. The van der Waals surface area contributed by atoms with Crippen molar-refractivity contribution in [2.24, 2.45) is 0 Å². The molecule has 134 valence electrons. The van der Waals surface area contributed by atoms with Crippen molar-refractivity contribution >= 4 is 17.2 Å². The quantitative estimate of drug-likeness (QED) is 0.691. The number of carbonyl (C=O) groups is 1. The molecular formula is C18H19N5O2S. The third-order valence-corrected chi connectivity index (χ3v) is 5.41. The molecule has 1 aliphatic rings. The topological polar surface area (TPSA) is 73.1 Å². The van der Waals surface area contributed by atoms with Gasteiger partial charge in [0.2, 0.25) is 5.82 Å². The van der Waals surface area contributed by atoms with Crippen molar-refractivity contribution in [3.63, 3.8) is 0 Å². The second-order valence-corrected chi connectivity index (χ2v) is 7.09. The van der Waals surface area contributed by atoms with E-state index in [9.17, 15) is 4.79 Å². The smallest absolute Gasteiger partial charge is 0.257 e. The summed E-state index contributed by atoms with van der Waals surface area (Å²) in [5.74, 6) is 1.21. The number of hydrogen-bond acceptors (Lipinski definition) is 6. The summed E-state index contributed by atoms with van der Waals surface area (Å²) in [6, 6.07) is 11.3. The molecule has 0 radical (unpaired) electrons. The van der Waals surface area contributed by atoms with Crippen LogP contribution in [0, 0.1) is 0 Å². The van der Waals surface area contributed by atoms with Gasteiger partial charge >= 0.3 is 0 Å². The van der Waals surface area contributed by atoms with Crippen molar-refractivity contribution in [2.45, 2.75) is 25.4 Å². The molecule has 3 aromatic rings. The third kappa shape index (κ3) is 3.20. The minimum atomic E-state index is -0.0106. The summed E-state index contributed by atoms with van der Waals surface area (Å²) in [5.41, 5.74) is 0.590. The Bertz CT molecular complexity index is 893. The van der Waals surface area contributed by atoms with Gasteiger partial charge in [-0.3, -0.25) is 4.79 Å². The average Bonchev–Trinajstić information content (AvgIpc) is 3.42. The number of ether oxygens (including phenoxy) is 1. The van der Waals surface area contributed by atoms with Crippen LogP contribution in [-0.2, 0) is 6.54 Å². The van der Waals surface area contributed by atoms with Crippen LogP contribution in [0.2, 0.25) is 0 Å². The van der Waals surface area contributed by atoms with E-state index >= 15 is 0 Å². The third-order valence-electron chi connectivity index (χ3n) is 4.54. The summed E-state index contributed by atoms with van der Waals surface area (Å²) >= 11 is 1.58. The van der Waals surface area contributed by atoms with E-state index in [0.717, 1.165) is 24.3 Å². The zero-order valence-electron chi connectivity index (χ0n) is 14.4. The lowest BCUT2D eigenvalue weighted by atomic mass is 10.1. The molecule has 1 aromatic carbocycles. The SMILES string of the molecule is COc1ccccc1C(=O)N1CCC[C@H]1Cn1nnc(-c2cccs2)n1. The number of aromatic nitrogens is 4. The molecule has 0 saturated carbocycles. The molecule has 0 N–H and O–H groups in total. The normalized spacial score (nSPS) is 16.8. The van der Waals surface area contributed by atoms with Crippen LogP contribution < -0.4 is 4.74 Å². The molecule has 26 heavy (non-hydrogen) atoms. The summed E-state index contributed by atoms with van der Waals surface area (Å²) in [4.78, 5) is 17.5. The first-order chi connectivity index (χ1) is 12.8. The predicted octanol–water partition coefficient (Wildman–Crippen LogP) is 2.72. The van der Waals surface area contributed by atoms with Crippen molar-refractivity contribution in [2.75, 3.05) is 13.7 Å². The van der Waals surface area contributed by atoms with E-state index in [1.807, 2.05) is 40.6 Å². The minimum absolute atomic E-state index is 0.0106. The lowest BCUT2D eigenvalue weighted by Crippen LogP contribution is -2.38. The molecule has 0 spiro atoms. The van der Waals surface area contributed by atoms with Crippen LogP contribution in [0.4, 0.5) is 0 Å². The maximum atomic E-state index is 13.0. The number of nitrogens with zero attached hydrogens (tertiary/aromatic N) is 5. The molecule has 1 fully saturated rings. The number of hydrogen-bond donors (Lipinski definition) is 0. The van der Waals surface area contributed by atoms with Gasteiger partial charge in [-0.15, -0.1) is 21.5 Å². The van der Waals surface area contributed by atoms with Gasteiger partial charge in [0.05, 0.1) is 30.1 Å². The molecule has 0 bridgehead atoms. The van der Waals surface area contributed by atoms with Gasteiger partial charge in [0.25, 0.3) is 5.91 Å². The first-order valence-corrected chi connectivity index (χ1v) is 9.40. The van der Waals surface area contributed by atoms with Gasteiger partial charge in [-0.25, -0.2) is 0 Å². The van der Waals surface area contributed by atoms with E-state index in [1.165, 1.54) is 0 Å². The van der Waals surface area contributed by atoms with Crippen LogP contribution in [0.15, 0.2) is 41.8 Å². The number of amides is 1. The highest BCUT2D eigenvalue weighted by Crippen LogP contribution is 2.26. The molecule has 3 heterocycles. The molecule has 8 heteroatoms. The van der Waals surface area contributed by atoms with E-state index in [1.54, 1.807) is 29.3 Å². The van der Waals surface area contributed by atoms with Crippen LogP contribution in [0.25, 0.3) is 10.7 Å². The first kappa shape index (κ1) is 16.7. The van der Waals surface area contributed by atoms with E-state index in [2.05, 4.69) is 15.4 Å². The average molecular weight is 369 g/mol. The molecule has 0 unspecified atom stereocenters. The highest BCUT2D eigenvalue weighted by molar-refractivity contribution is 7.13. The fourth-order valence-electron chi connectivity index (χ4n) is 3.28. The van der Waals surface area contributed by atoms with Gasteiger partial charge in [-0.1, -0.05) is 18.2 Å². The van der Waals surface area contributed by atoms with Crippen molar-refractivity contribution in [3.8, 4) is 16.5 Å². The van der Waals surface area contributed by atoms with Crippen LogP contribution >= 0.6 is 11.3 Å². The number of carbonyl (C=O) groups excluding carboxylic acids is 1. The zero-order chi connectivity index (χ0) is 17.9. The summed E-state index contributed by atoms with van der Waals surface area (Å²) in [6.07, 6.45) is 1.90. The maximum Gasteiger partial charge on any atom is 0.257 e. The van der Waals surface area contributed by atoms with E-state index in [0.29, 0.717) is 23.7 Å². The van der Waals surface area contributed by atoms with Gasteiger partial charge in [-0.2, -0.15) is 4.80 Å². The van der Waals surface area contributed by atoms with E-state index in [4.69, 9.17) is 4.74 Å². The fourth-order valence-corrected chi connectivity index (χ4v) is 3.93. The number of thiophene rings is 1. The molecule has 1 amide bonds. The largest absolute Gasteiger partial charge is 0.496 e. The molecule has 0 aliphatic carbocycles. The molecule has 1 saturated heterocycles. The van der Waals surface area contributed by atoms with E-state index in [-0.39, 0.29) is 11.9 Å². The highest BCUT2D eigenvalue weighted by Gasteiger charge is 2.31. The Hall–Kier alpha value is -2.74. The molecular weight excluding hydrogens is 350 g/mol. The summed E-state index contributed by atoms with van der Waals surface area (Å²) in [7, 11) is 1.58. The minimum Gasteiger partial charge on any atom is -0.496 e. The first-order valence-electron chi connectivity index (χ1n) is 8.52. The van der Waals surface area contributed by atoms with Crippen molar-refractivity contribution < 1.29 is 9.53 Å². The Morgan fingerprint density at radius 3 is 3.00 bits per heavy atom. The monoisotopic (exact) mass is 369 g/mol. The second-order valence-electron chi connectivity index (χ2n) is 6.14. The number of para-hydroxylation sites is 1. The Morgan fingerprint density at radius 1 is 1.31 bits per heavy atom. The van der Waals surface area contributed by atoms with Crippen LogP contribution in [0.5, 0.6) is 5.75 Å². The lowest BCUT2D eigenvalue weighted by molar-refractivity contribution is 0.0714. The Balaban J connectivity index is 1.51. The predicted molar refractivity (Wildman–Crippen MR) is 98.2 cm³/mol. The highest BCUT2D eigenvalue weighted by atomic mass is 32.1. The summed E-state index contributed by atoms with van der Waals surface area (Å²) in [5, 5.41) is 14.7. The number of methoxy groups -OCH3 is 1. The zero-order valence-corrected chi connectivity index (χ0v) is 15.2. The maximum absolute atomic E-state index is 13.0. The van der Waals surface area contributed by atoms with Gasteiger partial charge in [0.1, 0.15) is 5.75 Å². The van der Waals surface area contributed by atoms with Crippen LogP contribution in [0.3, 0.4) is 0 Å². The number of likely N-dealkylation sites (tertiary alicyclic amines) is 1. The standard InChI is InChI=1S/C18H19N5O2S/c1-25-15-8-3-2-7-14(15)18(24)22-10-4-6-13(22)12-23-20-17(19-21-23)16-9-5-11-26-16/h2-3,5,7-9,11,13H,4,6,10,12H2,1H3/t13-/m0/s1. The van der Waals surface area contributed by atoms with Crippen LogP contribution in [0.1, 0.15) is 23.2 Å². The lowest BCUT2D eigenvalue weighted by Gasteiger charge is -2.24. The Morgan fingerprint density at radius 2 is 2.19 bits per heavy atom. The Kier molecular flexibility index (Phi) is 4.66. The van der Waals surface area contributed by atoms with Gasteiger partial charge < -0.3 is 9.64 Å². The van der Waals surface area contributed by atoms with Gasteiger partial charge in [0, 0.05) is 6.54 Å². The Labute approximate surface area is 155 Å². The fraction of sp³-hybridized carbons (Fsp3) is 0.333. The van der Waals surface area contributed by atoms with E-state index < -0.39 is 0 Å². The van der Waals surface area contributed by atoms with Crippen molar-refractivity contribution in [1.82, 2.24) is 25.1 Å². The molecule has 1 aliphatic heterocycles. The van der Waals surface area contributed by atoms with Crippen molar-refractivity contribution in [1.29, 1.82) is 0 Å². The molecule has 7 nitrogen and oxygen atoms in total. The number of benzene rings is 1. The molecule has 2 aromatic heterocycles. The number of rotatable bonds is 5. The number of tetrazole rings is 1. The van der Waals surface area contributed by atoms with Gasteiger partial charge in [0.15, 0.2) is 0 Å². The summed E-state index contributed by atoms with van der Waals surface area (Å²) in [6.45, 7) is 1.27. The van der Waals surface area contributed by atoms with Crippen LogP contribution in [-0.4, -0.2) is 50.7 Å². The molecule has 4 rings (SSSR count). The molecule has 1 atom stereocenters. The second kappa shape index (κ2) is 7.25.